The van der Waals surface area contributed by atoms with Crippen molar-refractivity contribution in [3.63, 3.8) is 0 Å². The van der Waals surface area contributed by atoms with E-state index in [1.807, 2.05) is 0 Å². The molecule has 9 heteroatoms. The number of aromatic nitrogens is 2. The maximum absolute atomic E-state index is 12.7. The summed E-state index contributed by atoms with van der Waals surface area (Å²) in [6, 6.07) is -0.548. The Labute approximate surface area is 99.4 Å². The minimum Gasteiger partial charge on any atom is -0.481 e. The molecule has 100 valence electrons. The average molecular weight is 266 g/mol. The zero-order chi connectivity index (χ0) is 13.9. The molecule has 0 amide bonds. The maximum Gasteiger partial charge on any atom is 0.434 e. The summed E-state index contributed by atoms with van der Waals surface area (Å²) in [4.78, 5) is 17.2. The minimum atomic E-state index is -4.83. The van der Waals surface area contributed by atoms with Crippen LogP contribution in [0.4, 0.5) is 13.2 Å². The molecule has 0 unspecified atom stereocenters. The number of carbonyl (C=O) groups is 1. The Hall–Kier alpha value is -2.06. The van der Waals surface area contributed by atoms with Gasteiger partial charge in [0.2, 0.25) is 5.88 Å². The second-order valence-corrected chi connectivity index (χ2v) is 3.12. The van der Waals surface area contributed by atoms with Crippen LogP contribution in [0.25, 0.3) is 0 Å². The van der Waals surface area contributed by atoms with Crippen molar-refractivity contribution in [2.75, 3.05) is 14.2 Å². The van der Waals surface area contributed by atoms with E-state index >= 15 is 0 Å². The van der Waals surface area contributed by atoms with E-state index in [1.54, 1.807) is 0 Å². The fraction of sp³-hybridized carbons (Fsp3) is 0.444. The molecule has 18 heavy (non-hydrogen) atoms. The van der Waals surface area contributed by atoms with Crippen LogP contribution in [0.2, 0.25) is 0 Å². The van der Waals surface area contributed by atoms with Gasteiger partial charge in [-0.1, -0.05) is 0 Å². The number of ether oxygens (including phenoxy) is 2. The molecule has 0 saturated heterocycles. The van der Waals surface area contributed by atoms with Crippen LogP contribution < -0.4 is 9.47 Å². The smallest absolute Gasteiger partial charge is 0.434 e. The summed E-state index contributed by atoms with van der Waals surface area (Å²) in [6.07, 6.45) is -5.73. The van der Waals surface area contributed by atoms with Gasteiger partial charge in [0, 0.05) is 0 Å². The summed E-state index contributed by atoms with van der Waals surface area (Å²) in [6.45, 7) is 0. The highest BCUT2D eigenvalue weighted by molar-refractivity contribution is 5.71. The molecule has 1 aromatic rings. The van der Waals surface area contributed by atoms with Crippen LogP contribution in [-0.4, -0.2) is 35.3 Å². The van der Waals surface area contributed by atoms with E-state index in [-0.39, 0.29) is 0 Å². The number of carboxylic acid groups (broad SMARTS) is 1. The van der Waals surface area contributed by atoms with Crippen LogP contribution in [0, 0.1) is 0 Å². The number of carboxylic acids is 1. The number of rotatable bonds is 4. The van der Waals surface area contributed by atoms with E-state index in [4.69, 9.17) is 5.11 Å². The van der Waals surface area contributed by atoms with E-state index in [0.29, 0.717) is 0 Å². The van der Waals surface area contributed by atoms with Gasteiger partial charge in [0.1, 0.15) is 0 Å². The Balaban J connectivity index is 3.47. The first-order chi connectivity index (χ1) is 8.29. The minimum absolute atomic E-state index is 0.475. The number of hydrogen-bond donors (Lipinski definition) is 1. The van der Waals surface area contributed by atoms with E-state index < -0.39 is 41.7 Å². The molecule has 0 fully saturated rings. The fourth-order valence-corrected chi connectivity index (χ4v) is 1.25. The van der Waals surface area contributed by atoms with Gasteiger partial charge in [0.05, 0.1) is 26.2 Å². The van der Waals surface area contributed by atoms with Gasteiger partial charge in [0.15, 0.2) is 5.69 Å². The van der Waals surface area contributed by atoms with Crippen molar-refractivity contribution in [1.29, 1.82) is 0 Å². The van der Waals surface area contributed by atoms with Crippen molar-refractivity contribution in [2.45, 2.75) is 12.6 Å². The molecule has 0 aliphatic rings. The van der Waals surface area contributed by atoms with Crippen molar-refractivity contribution < 1.29 is 32.5 Å². The lowest BCUT2D eigenvalue weighted by molar-refractivity contribution is -0.143. The lowest BCUT2D eigenvalue weighted by Crippen LogP contribution is -2.17. The summed E-state index contributed by atoms with van der Waals surface area (Å²) in [7, 11) is 2.17. The van der Waals surface area contributed by atoms with Crippen LogP contribution in [-0.2, 0) is 17.4 Å². The third-order valence-corrected chi connectivity index (χ3v) is 1.92. The largest absolute Gasteiger partial charge is 0.481 e. The Morgan fingerprint density at radius 3 is 2.28 bits per heavy atom. The first kappa shape index (κ1) is 14.0. The van der Waals surface area contributed by atoms with E-state index in [1.165, 1.54) is 0 Å². The molecular formula is C9H9F3N2O4. The van der Waals surface area contributed by atoms with Crippen molar-refractivity contribution in [1.82, 2.24) is 9.97 Å². The number of halogens is 3. The summed E-state index contributed by atoms with van der Waals surface area (Å²) in [5, 5.41) is 8.59. The van der Waals surface area contributed by atoms with Crippen molar-refractivity contribution >= 4 is 5.97 Å². The predicted molar refractivity (Wildman–Crippen MR) is 51.5 cm³/mol. The predicted octanol–water partition coefficient (Wildman–Crippen LogP) is 1.14. The third-order valence-electron chi connectivity index (χ3n) is 1.92. The number of aliphatic carboxylic acids is 1. The highest BCUT2D eigenvalue weighted by Gasteiger charge is 2.38. The van der Waals surface area contributed by atoms with Gasteiger partial charge in [-0.05, 0) is 0 Å². The van der Waals surface area contributed by atoms with E-state index in [2.05, 4.69) is 19.4 Å². The van der Waals surface area contributed by atoms with Gasteiger partial charge in [-0.25, -0.2) is 0 Å². The average Bonchev–Trinajstić information content (AvgIpc) is 2.26. The van der Waals surface area contributed by atoms with Gasteiger partial charge >= 0.3 is 18.2 Å². The summed E-state index contributed by atoms with van der Waals surface area (Å²) in [5.74, 6) is -1.93. The second kappa shape index (κ2) is 5.07. The summed E-state index contributed by atoms with van der Waals surface area (Å²) >= 11 is 0. The molecule has 1 heterocycles. The van der Waals surface area contributed by atoms with Crippen molar-refractivity contribution in [2.24, 2.45) is 0 Å². The lowest BCUT2D eigenvalue weighted by Gasteiger charge is -2.14. The normalized spacial score (nSPS) is 11.2. The third kappa shape index (κ3) is 2.99. The Morgan fingerprint density at radius 1 is 1.28 bits per heavy atom. The molecule has 0 spiro atoms. The topological polar surface area (TPSA) is 81.5 Å². The van der Waals surface area contributed by atoms with E-state index in [9.17, 15) is 18.0 Å². The number of alkyl halides is 3. The monoisotopic (exact) mass is 266 g/mol. The van der Waals surface area contributed by atoms with Gasteiger partial charge in [-0.15, -0.1) is 0 Å². The molecule has 0 radical (unpaired) electrons. The maximum atomic E-state index is 12.7. The SMILES string of the molecule is COc1nc(OC)c(CC(=O)O)c(C(F)(F)F)n1. The first-order valence-corrected chi connectivity index (χ1v) is 4.57. The molecule has 0 aromatic carbocycles. The molecule has 0 atom stereocenters. The molecule has 1 rings (SSSR count). The molecule has 0 bridgehead atoms. The van der Waals surface area contributed by atoms with Gasteiger partial charge in [-0.3, -0.25) is 4.79 Å². The molecule has 0 saturated carbocycles. The Morgan fingerprint density at radius 2 is 1.89 bits per heavy atom. The molecule has 1 N–H and O–H groups in total. The number of methoxy groups -OCH3 is 2. The zero-order valence-corrected chi connectivity index (χ0v) is 9.41. The Bertz CT molecular complexity index is 462. The number of hydrogen-bond acceptors (Lipinski definition) is 5. The van der Waals surface area contributed by atoms with E-state index in [0.717, 1.165) is 14.2 Å². The molecular weight excluding hydrogens is 257 g/mol. The summed E-state index contributed by atoms with van der Waals surface area (Å²) in [5.41, 5.74) is -2.02. The quantitative estimate of drug-likeness (QED) is 0.880. The van der Waals surface area contributed by atoms with Crippen LogP contribution >= 0.6 is 0 Å². The van der Waals surface area contributed by atoms with Gasteiger partial charge in [-0.2, -0.15) is 23.1 Å². The summed E-state index contributed by atoms with van der Waals surface area (Å²) < 4.78 is 47.3. The molecule has 1 aromatic heterocycles. The van der Waals surface area contributed by atoms with Crippen LogP contribution in [0.1, 0.15) is 11.3 Å². The van der Waals surface area contributed by atoms with Crippen molar-refractivity contribution in [3.8, 4) is 11.9 Å². The van der Waals surface area contributed by atoms with Gasteiger partial charge < -0.3 is 14.6 Å². The standard InChI is InChI=1S/C9H9F3N2O4/c1-17-7-4(3-5(15)16)6(9(10,11)12)13-8(14-7)18-2/h3H2,1-2H3,(H,15,16). The fourth-order valence-electron chi connectivity index (χ4n) is 1.25. The van der Waals surface area contributed by atoms with Crippen molar-refractivity contribution in [3.05, 3.63) is 11.3 Å². The second-order valence-electron chi connectivity index (χ2n) is 3.12. The molecule has 0 aliphatic heterocycles. The Kier molecular flexibility index (Phi) is 3.94. The highest BCUT2D eigenvalue weighted by atomic mass is 19.4. The van der Waals surface area contributed by atoms with Crippen LogP contribution in [0.3, 0.4) is 0 Å². The van der Waals surface area contributed by atoms with Gasteiger partial charge in [0.25, 0.3) is 0 Å². The number of nitrogens with zero attached hydrogens (tertiary/aromatic N) is 2. The highest BCUT2D eigenvalue weighted by Crippen LogP contribution is 2.35. The first-order valence-electron chi connectivity index (χ1n) is 4.57. The van der Waals surface area contributed by atoms with Crippen LogP contribution in [0.5, 0.6) is 11.9 Å². The molecule has 0 aliphatic carbocycles. The zero-order valence-electron chi connectivity index (χ0n) is 9.41. The lowest BCUT2D eigenvalue weighted by atomic mass is 10.1. The van der Waals surface area contributed by atoms with Crippen LogP contribution in [0.15, 0.2) is 0 Å². The molecule has 6 nitrogen and oxygen atoms in total.